The fourth-order valence-electron chi connectivity index (χ4n) is 4.49. The van der Waals surface area contributed by atoms with Crippen LogP contribution >= 0.6 is 0 Å². The summed E-state index contributed by atoms with van der Waals surface area (Å²) in [5.74, 6) is 0.491. The van der Waals surface area contributed by atoms with Crippen molar-refractivity contribution < 1.29 is 9.59 Å². The van der Waals surface area contributed by atoms with E-state index in [9.17, 15) is 9.59 Å². The number of nitrogens with one attached hydrogen (secondary N) is 2. The largest absolute Gasteiger partial charge is 0.333 e. The highest BCUT2D eigenvalue weighted by Gasteiger charge is 2.37. The van der Waals surface area contributed by atoms with Crippen LogP contribution in [0.15, 0.2) is 24.3 Å². The number of urea groups is 1. The van der Waals surface area contributed by atoms with Crippen molar-refractivity contribution in [2.24, 2.45) is 5.92 Å². The molecule has 1 saturated heterocycles. The third-order valence-electron chi connectivity index (χ3n) is 5.88. The SMILES string of the molecule is Cc1cccc(NC(=O)C(C2CCCC2)N2CCN(C(=O)NC(C)(C)C)CC2)c1. The summed E-state index contributed by atoms with van der Waals surface area (Å²) in [4.78, 5) is 29.9. The van der Waals surface area contributed by atoms with Gasteiger partial charge in [0.25, 0.3) is 0 Å². The second-order valence-electron chi connectivity index (χ2n) is 9.55. The van der Waals surface area contributed by atoms with Crippen molar-refractivity contribution in [3.63, 3.8) is 0 Å². The van der Waals surface area contributed by atoms with E-state index in [1.54, 1.807) is 0 Å². The lowest BCUT2D eigenvalue weighted by Gasteiger charge is -2.41. The fourth-order valence-corrected chi connectivity index (χ4v) is 4.49. The van der Waals surface area contributed by atoms with Crippen LogP contribution in [0.5, 0.6) is 0 Å². The van der Waals surface area contributed by atoms with Gasteiger partial charge < -0.3 is 15.5 Å². The molecule has 1 saturated carbocycles. The summed E-state index contributed by atoms with van der Waals surface area (Å²) in [5.41, 5.74) is 1.76. The summed E-state index contributed by atoms with van der Waals surface area (Å²) < 4.78 is 0. The quantitative estimate of drug-likeness (QED) is 0.811. The van der Waals surface area contributed by atoms with Gasteiger partial charge in [-0.05, 0) is 64.2 Å². The Kier molecular flexibility index (Phi) is 6.83. The number of aryl methyl sites for hydroxylation is 1. The molecule has 29 heavy (non-hydrogen) atoms. The Morgan fingerprint density at radius 3 is 2.31 bits per heavy atom. The lowest BCUT2D eigenvalue weighted by atomic mass is 9.95. The molecule has 0 radical (unpaired) electrons. The van der Waals surface area contributed by atoms with Crippen LogP contribution in [0.3, 0.4) is 0 Å². The Hall–Kier alpha value is -2.08. The Labute approximate surface area is 175 Å². The van der Waals surface area contributed by atoms with E-state index in [2.05, 4.69) is 15.5 Å². The van der Waals surface area contributed by atoms with Crippen LogP contribution in [0.25, 0.3) is 0 Å². The zero-order chi connectivity index (χ0) is 21.0. The minimum Gasteiger partial charge on any atom is -0.333 e. The summed E-state index contributed by atoms with van der Waals surface area (Å²) in [6.07, 6.45) is 4.62. The van der Waals surface area contributed by atoms with E-state index in [4.69, 9.17) is 0 Å². The summed E-state index contributed by atoms with van der Waals surface area (Å²) in [6.45, 7) is 10.8. The molecule has 3 rings (SSSR count). The van der Waals surface area contributed by atoms with Crippen molar-refractivity contribution >= 4 is 17.6 Å². The van der Waals surface area contributed by atoms with Crippen LogP contribution in [0.2, 0.25) is 0 Å². The van der Waals surface area contributed by atoms with Gasteiger partial charge in [-0.1, -0.05) is 25.0 Å². The minimum atomic E-state index is -0.242. The van der Waals surface area contributed by atoms with Crippen molar-refractivity contribution in [1.29, 1.82) is 0 Å². The van der Waals surface area contributed by atoms with Gasteiger partial charge in [-0.25, -0.2) is 4.79 Å². The number of nitrogens with zero attached hydrogens (tertiary/aromatic N) is 2. The molecule has 1 aromatic carbocycles. The first-order valence-electron chi connectivity index (χ1n) is 10.9. The van der Waals surface area contributed by atoms with Crippen LogP contribution < -0.4 is 10.6 Å². The molecule has 6 heteroatoms. The van der Waals surface area contributed by atoms with Gasteiger partial charge in [-0.2, -0.15) is 0 Å². The number of anilines is 1. The predicted molar refractivity (Wildman–Crippen MR) is 117 cm³/mol. The second kappa shape index (κ2) is 9.16. The smallest absolute Gasteiger partial charge is 0.317 e. The summed E-state index contributed by atoms with van der Waals surface area (Å²) >= 11 is 0. The van der Waals surface area contributed by atoms with E-state index in [-0.39, 0.29) is 23.5 Å². The normalized spacial score (nSPS) is 19.8. The van der Waals surface area contributed by atoms with Gasteiger partial charge in [0.1, 0.15) is 0 Å². The van der Waals surface area contributed by atoms with Gasteiger partial charge in [0, 0.05) is 37.4 Å². The van der Waals surface area contributed by atoms with Crippen LogP contribution in [0, 0.1) is 12.8 Å². The minimum absolute atomic E-state index is 0.0150. The molecule has 1 heterocycles. The summed E-state index contributed by atoms with van der Waals surface area (Å²) in [6, 6.07) is 7.84. The third kappa shape index (κ3) is 5.95. The molecule has 0 spiro atoms. The average Bonchev–Trinajstić information content (AvgIpc) is 3.15. The fraction of sp³-hybridized carbons (Fsp3) is 0.652. The van der Waals surface area contributed by atoms with Gasteiger partial charge in [0.05, 0.1) is 6.04 Å². The number of carbonyl (C=O) groups is 2. The molecule has 1 unspecified atom stereocenters. The molecule has 1 aromatic rings. The van der Waals surface area contributed by atoms with Gasteiger partial charge in [0.2, 0.25) is 5.91 Å². The average molecular weight is 401 g/mol. The topological polar surface area (TPSA) is 64.7 Å². The number of hydrogen-bond acceptors (Lipinski definition) is 3. The lowest BCUT2D eigenvalue weighted by Crippen LogP contribution is -2.59. The summed E-state index contributed by atoms with van der Waals surface area (Å²) in [7, 11) is 0. The Morgan fingerprint density at radius 1 is 1.07 bits per heavy atom. The molecule has 3 amide bonds. The van der Waals surface area contributed by atoms with E-state index < -0.39 is 0 Å². The Morgan fingerprint density at radius 2 is 1.72 bits per heavy atom. The molecule has 2 N–H and O–H groups in total. The standard InChI is InChI=1S/C23H36N4O2/c1-17-8-7-11-19(16-17)24-21(28)20(18-9-5-6-10-18)26-12-14-27(15-13-26)22(29)25-23(2,3)4/h7-8,11,16,18,20H,5-6,9-10,12-15H2,1-4H3,(H,24,28)(H,25,29). The van der Waals surface area contributed by atoms with Crippen LogP contribution in [-0.2, 0) is 4.79 Å². The molecule has 2 fully saturated rings. The van der Waals surface area contributed by atoms with Gasteiger partial charge in [-0.15, -0.1) is 0 Å². The zero-order valence-corrected chi connectivity index (χ0v) is 18.3. The van der Waals surface area contributed by atoms with E-state index in [1.807, 2.05) is 56.9 Å². The van der Waals surface area contributed by atoms with E-state index >= 15 is 0 Å². The van der Waals surface area contributed by atoms with Crippen molar-refractivity contribution in [2.45, 2.75) is 65.0 Å². The third-order valence-corrected chi connectivity index (χ3v) is 5.88. The molecule has 160 valence electrons. The van der Waals surface area contributed by atoms with Gasteiger partial charge >= 0.3 is 6.03 Å². The monoisotopic (exact) mass is 400 g/mol. The molecule has 0 aromatic heterocycles. The first-order valence-corrected chi connectivity index (χ1v) is 10.9. The van der Waals surface area contributed by atoms with Crippen LogP contribution in [-0.4, -0.2) is 59.5 Å². The first-order chi connectivity index (χ1) is 13.7. The molecule has 1 aliphatic heterocycles. The van der Waals surface area contributed by atoms with E-state index in [1.165, 1.54) is 12.8 Å². The number of piperazine rings is 1. The molecule has 1 atom stereocenters. The lowest BCUT2D eigenvalue weighted by molar-refractivity contribution is -0.123. The first kappa shape index (κ1) is 21.6. The number of rotatable bonds is 4. The van der Waals surface area contributed by atoms with Crippen LogP contribution in [0.1, 0.15) is 52.0 Å². The molecule has 6 nitrogen and oxygen atoms in total. The maximum atomic E-state index is 13.3. The van der Waals surface area contributed by atoms with Crippen LogP contribution in [0.4, 0.5) is 10.5 Å². The Bertz CT molecular complexity index is 714. The molecule has 0 bridgehead atoms. The maximum Gasteiger partial charge on any atom is 0.317 e. The van der Waals surface area contributed by atoms with Crippen molar-refractivity contribution in [3.05, 3.63) is 29.8 Å². The van der Waals surface area contributed by atoms with Crippen molar-refractivity contribution in [1.82, 2.24) is 15.1 Å². The molecule has 2 aliphatic rings. The predicted octanol–water partition coefficient (Wildman–Crippen LogP) is 3.62. The number of benzene rings is 1. The number of amides is 3. The van der Waals surface area contributed by atoms with Gasteiger partial charge in [0.15, 0.2) is 0 Å². The van der Waals surface area contributed by atoms with Gasteiger partial charge in [-0.3, -0.25) is 9.69 Å². The molecular weight excluding hydrogens is 364 g/mol. The van der Waals surface area contributed by atoms with E-state index in [0.29, 0.717) is 19.0 Å². The maximum absolute atomic E-state index is 13.3. The molecule has 1 aliphatic carbocycles. The zero-order valence-electron chi connectivity index (χ0n) is 18.3. The molecular formula is C23H36N4O2. The van der Waals surface area contributed by atoms with Crippen molar-refractivity contribution in [3.8, 4) is 0 Å². The van der Waals surface area contributed by atoms with Crippen molar-refractivity contribution in [2.75, 3.05) is 31.5 Å². The number of hydrogen-bond donors (Lipinski definition) is 2. The number of carbonyl (C=O) groups excluding carboxylic acids is 2. The second-order valence-corrected chi connectivity index (χ2v) is 9.55. The highest BCUT2D eigenvalue weighted by molar-refractivity contribution is 5.95. The highest BCUT2D eigenvalue weighted by Crippen LogP contribution is 2.31. The Balaban J connectivity index is 1.65. The summed E-state index contributed by atoms with van der Waals surface area (Å²) in [5, 5.41) is 6.19. The highest BCUT2D eigenvalue weighted by atomic mass is 16.2. The van der Waals surface area contributed by atoms with E-state index in [0.717, 1.165) is 37.2 Å².